The lowest BCUT2D eigenvalue weighted by Gasteiger charge is -2.35. The van der Waals surface area contributed by atoms with Crippen LogP contribution < -0.4 is 5.32 Å². The standard InChI is InChI=1S/C21H29N3O3/c25-20(22-14-17-7-4-12-27-17)18-13-19(18)21(26)24-10-8-23(9-11-24)15-16-5-2-1-3-6-16/h1-3,5-6,17-19H,4,7-15H2,(H,22,25). The number of benzene rings is 1. The zero-order valence-electron chi connectivity index (χ0n) is 15.8. The van der Waals surface area contributed by atoms with Gasteiger partial charge < -0.3 is 15.0 Å². The Morgan fingerprint density at radius 1 is 1.07 bits per heavy atom. The lowest BCUT2D eigenvalue weighted by Crippen LogP contribution is -2.49. The first-order valence-electron chi connectivity index (χ1n) is 10.1. The second kappa shape index (κ2) is 8.40. The van der Waals surface area contributed by atoms with Crippen LogP contribution in [0.5, 0.6) is 0 Å². The highest BCUT2D eigenvalue weighted by Gasteiger charge is 2.49. The Balaban J connectivity index is 1.18. The summed E-state index contributed by atoms with van der Waals surface area (Å²) in [4.78, 5) is 29.3. The predicted octanol–water partition coefficient (Wildman–Crippen LogP) is 1.26. The summed E-state index contributed by atoms with van der Waals surface area (Å²) < 4.78 is 5.53. The number of carbonyl (C=O) groups is 2. The molecule has 3 unspecified atom stereocenters. The van der Waals surface area contributed by atoms with Gasteiger partial charge in [-0.05, 0) is 24.8 Å². The molecule has 2 heterocycles. The number of hydrogen-bond acceptors (Lipinski definition) is 4. The highest BCUT2D eigenvalue weighted by molar-refractivity contribution is 5.92. The van der Waals surface area contributed by atoms with Gasteiger partial charge in [-0.25, -0.2) is 0 Å². The summed E-state index contributed by atoms with van der Waals surface area (Å²) in [7, 11) is 0. The first-order chi connectivity index (χ1) is 13.2. The van der Waals surface area contributed by atoms with Crippen LogP contribution in [0.25, 0.3) is 0 Å². The molecule has 0 aromatic heterocycles. The van der Waals surface area contributed by atoms with Crippen molar-refractivity contribution in [3.63, 3.8) is 0 Å². The molecule has 1 aliphatic carbocycles. The van der Waals surface area contributed by atoms with Crippen molar-refractivity contribution in [2.45, 2.75) is 31.9 Å². The molecule has 146 valence electrons. The van der Waals surface area contributed by atoms with Crippen molar-refractivity contribution in [1.82, 2.24) is 15.1 Å². The smallest absolute Gasteiger partial charge is 0.226 e. The van der Waals surface area contributed by atoms with E-state index in [4.69, 9.17) is 4.74 Å². The summed E-state index contributed by atoms with van der Waals surface area (Å²) in [6.45, 7) is 5.60. The van der Waals surface area contributed by atoms with Crippen molar-refractivity contribution < 1.29 is 14.3 Å². The number of nitrogens with one attached hydrogen (secondary N) is 1. The quantitative estimate of drug-likeness (QED) is 0.818. The fraction of sp³-hybridized carbons (Fsp3) is 0.619. The van der Waals surface area contributed by atoms with E-state index in [1.54, 1.807) is 0 Å². The molecule has 2 amide bonds. The number of amides is 2. The number of carbonyl (C=O) groups excluding carboxylic acids is 2. The fourth-order valence-electron chi connectivity index (χ4n) is 4.11. The van der Waals surface area contributed by atoms with Crippen LogP contribution in [0.4, 0.5) is 0 Å². The first-order valence-corrected chi connectivity index (χ1v) is 10.1. The van der Waals surface area contributed by atoms with Gasteiger partial charge in [0.1, 0.15) is 0 Å². The van der Waals surface area contributed by atoms with Crippen LogP contribution in [0, 0.1) is 11.8 Å². The molecular formula is C21H29N3O3. The van der Waals surface area contributed by atoms with Gasteiger partial charge in [0.05, 0.1) is 17.9 Å². The van der Waals surface area contributed by atoms with Gasteiger partial charge in [-0.15, -0.1) is 0 Å². The van der Waals surface area contributed by atoms with E-state index in [-0.39, 0.29) is 29.8 Å². The molecule has 1 aromatic carbocycles. The molecule has 2 saturated heterocycles. The molecule has 1 saturated carbocycles. The van der Waals surface area contributed by atoms with E-state index in [2.05, 4.69) is 34.5 Å². The van der Waals surface area contributed by atoms with E-state index in [9.17, 15) is 9.59 Å². The third kappa shape index (κ3) is 4.68. The van der Waals surface area contributed by atoms with E-state index < -0.39 is 0 Å². The van der Waals surface area contributed by atoms with E-state index in [1.165, 1.54) is 5.56 Å². The Labute approximate surface area is 160 Å². The van der Waals surface area contributed by atoms with Crippen LogP contribution in [-0.2, 0) is 20.9 Å². The van der Waals surface area contributed by atoms with Crippen LogP contribution >= 0.6 is 0 Å². The summed E-state index contributed by atoms with van der Waals surface area (Å²) in [6.07, 6.45) is 2.93. The monoisotopic (exact) mass is 371 g/mol. The van der Waals surface area contributed by atoms with Crippen LogP contribution in [0.3, 0.4) is 0 Å². The SMILES string of the molecule is O=C(NCC1CCCO1)C1CC1C(=O)N1CCN(Cc2ccccc2)CC1. The summed E-state index contributed by atoms with van der Waals surface area (Å²) in [5.74, 6) is -0.0744. The number of nitrogens with zero attached hydrogens (tertiary/aromatic N) is 2. The van der Waals surface area contributed by atoms with E-state index in [1.807, 2.05) is 11.0 Å². The maximum atomic E-state index is 12.7. The zero-order valence-corrected chi connectivity index (χ0v) is 15.8. The van der Waals surface area contributed by atoms with Crippen molar-refractivity contribution in [2.75, 3.05) is 39.3 Å². The van der Waals surface area contributed by atoms with Gasteiger partial charge in [0.2, 0.25) is 11.8 Å². The van der Waals surface area contributed by atoms with E-state index in [0.29, 0.717) is 13.0 Å². The van der Waals surface area contributed by atoms with Gasteiger partial charge in [-0.3, -0.25) is 14.5 Å². The van der Waals surface area contributed by atoms with Gasteiger partial charge in [0, 0.05) is 45.9 Å². The zero-order chi connectivity index (χ0) is 18.6. The molecule has 3 fully saturated rings. The number of rotatable bonds is 6. The van der Waals surface area contributed by atoms with Gasteiger partial charge in [-0.2, -0.15) is 0 Å². The molecule has 3 atom stereocenters. The highest BCUT2D eigenvalue weighted by Crippen LogP contribution is 2.40. The third-order valence-corrected chi connectivity index (χ3v) is 5.91. The molecule has 6 heteroatoms. The van der Waals surface area contributed by atoms with Gasteiger partial charge >= 0.3 is 0 Å². The average molecular weight is 371 g/mol. The molecule has 3 aliphatic rings. The number of ether oxygens (including phenoxy) is 1. The molecule has 0 radical (unpaired) electrons. The van der Waals surface area contributed by atoms with Crippen LogP contribution in [-0.4, -0.2) is 67.0 Å². The van der Waals surface area contributed by atoms with Gasteiger partial charge in [0.15, 0.2) is 0 Å². The molecule has 0 bridgehead atoms. The minimum atomic E-state index is -0.138. The largest absolute Gasteiger partial charge is 0.376 e. The molecule has 2 aliphatic heterocycles. The summed E-state index contributed by atoms with van der Waals surface area (Å²) >= 11 is 0. The Kier molecular flexibility index (Phi) is 5.74. The van der Waals surface area contributed by atoms with Gasteiger partial charge in [-0.1, -0.05) is 30.3 Å². The lowest BCUT2D eigenvalue weighted by molar-refractivity contribution is -0.136. The number of piperazine rings is 1. The Morgan fingerprint density at radius 3 is 2.56 bits per heavy atom. The molecule has 1 N–H and O–H groups in total. The lowest BCUT2D eigenvalue weighted by atomic mass is 10.2. The minimum absolute atomic E-state index is 0.0200. The predicted molar refractivity (Wildman–Crippen MR) is 102 cm³/mol. The maximum absolute atomic E-state index is 12.7. The highest BCUT2D eigenvalue weighted by atomic mass is 16.5. The fourth-order valence-corrected chi connectivity index (χ4v) is 4.11. The molecule has 0 spiro atoms. The van der Waals surface area contributed by atoms with Crippen LogP contribution in [0.15, 0.2) is 30.3 Å². The molecule has 27 heavy (non-hydrogen) atoms. The normalized spacial score (nSPS) is 28.1. The van der Waals surface area contributed by atoms with Crippen molar-refractivity contribution in [1.29, 1.82) is 0 Å². The topological polar surface area (TPSA) is 61.9 Å². The molecule has 1 aromatic rings. The third-order valence-electron chi connectivity index (χ3n) is 5.91. The molecule has 4 rings (SSSR count). The van der Waals surface area contributed by atoms with Gasteiger partial charge in [0.25, 0.3) is 0 Å². The van der Waals surface area contributed by atoms with Crippen molar-refractivity contribution >= 4 is 11.8 Å². The summed E-state index contributed by atoms with van der Waals surface area (Å²) in [5.41, 5.74) is 1.31. The Morgan fingerprint density at radius 2 is 1.85 bits per heavy atom. The summed E-state index contributed by atoms with van der Waals surface area (Å²) in [6, 6.07) is 10.4. The molecule has 6 nitrogen and oxygen atoms in total. The average Bonchev–Trinajstić information content (AvgIpc) is 3.34. The minimum Gasteiger partial charge on any atom is -0.376 e. The van der Waals surface area contributed by atoms with Crippen LogP contribution in [0.2, 0.25) is 0 Å². The maximum Gasteiger partial charge on any atom is 0.226 e. The second-order valence-electron chi connectivity index (χ2n) is 7.92. The molecular weight excluding hydrogens is 342 g/mol. The first kappa shape index (κ1) is 18.4. The van der Waals surface area contributed by atoms with Crippen molar-refractivity contribution in [2.24, 2.45) is 11.8 Å². The van der Waals surface area contributed by atoms with E-state index >= 15 is 0 Å². The van der Waals surface area contributed by atoms with Crippen molar-refractivity contribution in [3.8, 4) is 0 Å². The van der Waals surface area contributed by atoms with E-state index in [0.717, 1.165) is 52.2 Å². The Bertz CT molecular complexity index is 652. The number of hydrogen-bond donors (Lipinski definition) is 1. The second-order valence-corrected chi connectivity index (χ2v) is 7.92. The van der Waals surface area contributed by atoms with Crippen LogP contribution in [0.1, 0.15) is 24.8 Å². The Hall–Kier alpha value is -1.92. The summed E-state index contributed by atoms with van der Waals surface area (Å²) in [5, 5.41) is 2.97. The van der Waals surface area contributed by atoms with Crippen molar-refractivity contribution in [3.05, 3.63) is 35.9 Å².